The van der Waals surface area contributed by atoms with E-state index in [0.29, 0.717) is 26.5 Å². The van der Waals surface area contributed by atoms with Crippen LogP contribution >= 0.6 is 27.5 Å². The molecular weight excluding hydrogens is 554 g/mol. The van der Waals surface area contributed by atoms with Gasteiger partial charge in [-0.2, -0.15) is 0 Å². The lowest BCUT2D eigenvalue weighted by molar-refractivity contribution is -0.385. The highest BCUT2D eigenvalue weighted by molar-refractivity contribution is 9.10. The smallest absolute Gasteiger partial charge is 0.282 e. The molecule has 0 N–H and O–H groups in total. The van der Waals surface area contributed by atoms with Crippen molar-refractivity contribution in [2.45, 2.75) is 19.0 Å². The topological polar surface area (TPSA) is 110 Å². The molecule has 9 nitrogen and oxygen atoms in total. The third-order valence-corrected chi connectivity index (χ3v) is 7.44. The second-order valence-corrected chi connectivity index (χ2v) is 9.62. The third-order valence-electron chi connectivity index (χ3n) is 6.42. The van der Waals surface area contributed by atoms with Crippen LogP contribution in [0.5, 0.6) is 5.75 Å². The summed E-state index contributed by atoms with van der Waals surface area (Å²) in [6, 6.07) is 12.2. The van der Waals surface area contributed by atoms with Gasteiger partial charge in [0.15, 0.2) is 0 Å². The van der Waals surface area contributed by atoms with E-state index < -0.39 is 40.4 Å². The molecule has 36 heavy (non-hydrogen) atoms. The summed E-state index contributed by atoms with van der Waals surface area (Å²) in [6.45, 7) is 1.83. The van der Waals surface area contributed by atoms with Gasteiger partial charge in [-0.25, -0.2) is 0 Å². The number of carbonyl (C=O) groups is 3. The molecule has 2 aliphatic heterocycles. The third kappa shape index (κ3) is 3.48. The molecule has 0 radical (unpaired) electrons. The number of fused-ring (bicyclic) bond motifs is 1. The molecule has 0 saturated carbocycles. The minimum atomic E-state index is -1.21. The highest BCUT2D eigenvalue weighted by Gasteiger charge is 2.58. The normalized spacial score (nSPS) is 18.8. The molecule has 5 rings (SSSR count). The first kappa shape index (κ1) is 24.0. The maximum Gasteiger partial charge on any atom is 0.282 e. The number of rotatable bonds is 5. The number of nitro benzene ring substituents is 1. The van der Waals surface area contributed by atoms with Gasteiger partial charge >= 0.3 is 0 Å². The number of carbonyl (C=O) groups excluding carboxylic acids is 3. The lowest BCUT2D eigenvalue weighted by Gasteiger charge is -2.49. The predicted octanol–water partition coefficient (Wildman–Crippen LogP) is 5.08. The first-order valence-electron chi connectivity index (χ1n) is 10.7. The zero-order chi connectivity index (χ0) is 25.9. The summed E-state index contributed by atoms with van der Waals surface area (Å²) in [5, 5.41) is 12.0. The molecule has 2 aliphatic rings. The van der Waals surface area contributed by atoms with E-state index in [1.165, 1.54) is 24.1 Å². The Hall–Kier alpha value is -3.76. The largest absolute Gasteiger partial charge is 0.496 e. The number of nitrogens with zero attached hydrogens (tertiary/aromatic N) is 3. The standard InChI is InChI=1S/C25H17BrClN3O6/c1-12-6-8-14(11-17(12)27)28-21(13-7-9-19(36-2)16(26)10-13)22(25(28)33)29-23(31)15-4-3-5-18(30(34)35)20(15)24(29)32/h3-11,21-22H,1-2H3/t21-,22-/m0/s1. The number of benzene rings is 3. The number of β-lactam (4-membered cyclic amide) rings is 1. The molecule has 0 spiro atoms. The quantitative estimate of drug-likeness (QED) is 0.183. The van der Waals surface area contributed by atoms with E-state index in [-0.39, 0.29) is 11.1 Å². The molecule has 2 atom stereocenters. The molecule has 0 aromatic heterocycles. The van der Waals surface area contributed by atoms with Crippen molar-refractivity contribution in [3.63, 3.8) is 0 Å². The fourth-order valence-corrected chi connectivity index (χ4v) is 5.37. The SMILES string of the molecule is COc1ccc([C@H]2[C@H](N3C(=O)c4cccc([N+](=O)[O-])c4C3=O)C(=O)N2c2ccc(C)c(Cl)c2)cc1Br. The first-order valence-corrected chi connectivity index (χ1v) is 11.9. The van der Waals surface area contributed by atoms with Gasteiger partial charge in [-0.05, 0) is 64.3 Å². The summed E-state index contributed by atoms with van der Waals surface area (Å²) < 4.78 is 5.92. The van der Waals surface area contributed by atoms with Gasteiger partial charge in [-0.1, -0.05) is 29.8 Å². The Morgan fingerprint density at radius 1 is 1.00 bits per heavy atom. The molecule has 1 fully saturated rings. The molecule has 1 saturated heterocycles. The van der Waals surface area contributed by atoms with Crippen molar-refractivity contribution >= 4 is 56.6 Å². The maximum absolute atomic E-state index is 13.6. The van der Waals surface area contributed by atoms with Crippen LogP contribution in [-0.2, 0) is 4.79 Å². The van der Waals surface area contributed by atoms with Gasteiger partial charge < -0.3 is 9.64 Å². The number of anilines is 1. The van der Waals surface area contributed by atoms with Crippen molar-refractivity contribution < 1.29 is 24.0 Å². The van der Waals surface area contributed by atoms with Crippen LogP contribution in [0, 0.1) is 17.0 Å². The van der Waals surface area contributed by atoms with E-state index in [2.05, 4.69) is 15.9 Å². The van der Waals surface area contributed by atoms with Gasteiger partial charge in [-0.3, -0.25) is 29.4 Å². The van der Waals surface area contributed by atoms with Gasteiger partial charge in [-0.15, -0.1) is 0 Å². The number of imide groups is 1. The minimum absolute atomic E-state index is 0.103. The van der Waals surface area contributed by atoms with Crippen molar-refractivity contribution in [1.82, 2.24) is 4.90 Å². The Morgan fingerprint density at radius 2 is 1.75 bits per heavy atom. The van der Waals surface area contributed by atoms with Crippen molar-refractivity contribution in [2.24, 2.45) is 0 Å². The summed E-state index contributed by atoms with van der Waals surface area (Å²) >= 11 is 9.76. The predicted molar refractivity (Wildman–Crippen MR) is 134 cm³/mol. The lowest BCUT2D eigenvalue weighted by Crippen LogP contribution is -2.67. The van der Waals surface area contributed by atoms with Crippen molar-refractivity contribution in [3.05, 3.63) is 96.5 Å². The van der Waals surface area contributed by atoms with Gasteiger partial charge in [0.1, 0.15) is 17.4 Å². The molecular formula is C25H17BrClN3O6. The summed E-state index contributed by atoms with van der Waals surface area (Å²) in [6.07, 6.45) is 0. The Morgan fingerprint density at radius 3 is 2.39 bits per heavy atom. The Labute approximate surface area is 218 Å². The average molecular weight is 571 g/mol. The first-order chi connectivity index (χ1) is 17.1. The van der Waals surface area contributed by atoms with Gasteiger partial charge in [0.05, 0.1) is 28.1 Å². The number of nitro groups is 1. The number of hydrogen-bond acceptors (Lipinski definition) is 6. The van der Waals surface area contributed by atoms with Crippen molar-refractivity contribution in [2.75, 3.05) is 12.0 Å². The molecule has 3 amide bonds. The maximum atomic E-state index is 13.6. The molecule has 182 valence electrons. The summed E-state index contributed by atoms with van der Waals surface area (Å²) in [5.41, 5.74) is 1.04. The lowest BCUT2D eigenvalue weighted by atomic mass is 9.86. The second-order valence-electron chi connectivity index (χ2n) is 8.36. The minimum Gasteiger partial charge on any atom is -0.496 e. The molecule has 2 heterocycles. The van der Waals surface area contributed by atoms with Crippen LogP contribution in [0.25, 0.3) is 0 Å². The van der Waals surface area contributed by atoms with Crippen LogP contribution in [0.4, 0.5) is 11.4 Å². The highest BCUT2D eigenvalue weighted by Crippen LogP contribution is 2.46. The van der Waals surface area contributed by atoms with Crippen LogP contribution in [0.2, 0.25) is 5.02 Å². The number of methoxy groups -OCH3 is 1. The molecule has 11 heteroatoms. The van der Waals surface area contributed by atoms with Crippen LogP contribution in [0.1, 0.15) is 37.9 Å². The van der Waals surface area contributed by atoms with E-state index >= 15 is 0 Å². The number of ether oxygens (including phenoxy) is 1. The van der Waals surface area contributed by atoms with Crippen molar-refractivity contribution in [3.8, 4) is 5.75 Å². The zero-order valence-corrected chi connectivity index (χ0v) is 21.2. The number of hydrogen-bond donors (Lipinski definition) is 0. The number of aryl methyl sites for hydroxylation is 1. The highest BCUT2D eigenvalue weighted by atomic mass is 79.9. The zero-order valence-electron chi connectivity index (χ0n) is 18.9. The van der Waals surface area contributed by atoms with Gasteiger partial charge in [0, 0.05) is 16.8 Å². The van der Waals surface area contributed by atoms with E-state index in [1.54, 1.807) is 36.4 Å². The molecule has 3 aromatic carbocycles. The average Bonchev–Trinajstić information content (AvgIpc) is 3.09. The Kier molecular flexibility index (Phi) is 5.80. The fraction of sp³-hybridized carbons (Fsp3) is 0.160. The summed E-state index contributed by atoms with van der Waals surface area (Å²) in [4.78, 5) is 53.4. The van der Waals surface area contributed by atoms with Crippen LogP contribution < -0.4 is 9.64 Å². The van der Waals surface area contributed by atoms with Crippen LogP contribution in [-0.4, -0.2) is 40.7 Å². The van der Waals surface area contributed by atoms with Crippen LogP contribution in [0.3, 0.4) is 0 Å². The van der Waals surface area contributed by atoms with E-state index in [4.69, 9.17) is 16.3 Å². The second kappa shape index (κ2) is 8.72. The molecule has 0 bridgehead atoms. The summed E-state index contributed by atoms with van der Waals surface area (Å²) in [7, 11) is 1.52. The fourth-order valence-electron chi connectivity index (χ4n) is 4.63. The van der Waals surface area contributed by atoms with Gasteiger partial charge in [0.2, 0.25) is 0 Å². The molecule has 0 aliphatic carbocycles. The number of amides is 3. The molecule has 3 aromatic rings. The van der Waals surface area contributed by atoms with Gasteiger partial charge in [0.25, 0.3) is 23.4 Å². The molecule has 0 unspecified atom stereocenters. The number of halogens is 2. The monoisotopic (exact) mass is 569 g/mol. The Balaban J connectivity index is 1.63. The van der Waals surface area contributed by atoms with Crippen molar-refractivity contribution in [1.29, 1.82) is 0 Å². The van der Waals surface area contributed by atoms with Crippen LogP contribution in [0.15, 0.2) is 59.1 Å². The van der Waals surface area contributed by atoms with E-state index in [1.807, 2.05) is 6.92 Å². The van der Waals surface area contributed by atoms with E-state index in [0.717, 1.165) is 16.5 Å². The van der Waals surface area contributed by atoms with E-state index in [9.17, 15) is 24.5 Å². The summed E-state index contributed by atoms with van der Waals surface area (Å²) in [5.74, 6) is -1.58. The Bertz CT molecular complexity index is 1490.